The number of para-hydroxylation sites is 1. The number of aliphatic hydroxyl groups excluding tert-OH is 1. The molecule has 4 heteroatoms. The standard InChI is InChI=1S/C15H19N3O/c16-13-9-17-14-4-2-1-3-12(14)15(13)18-7-5-11(10-19)6-8-18/h1-4,9,11,19H,5-8,10,16H2. The maximum atomic E-state index is 9.22. The number of hydrogen-bond acceptors (Lipinski definition) is 4. The summed E-state index contributed by atoms with van der Waals surface area (Å²) in [5, 5.41) is 10.3. The molecule has 1 aromatic carbocycles. The molecule has 1 aliphatic heterocycles. The summed E-state index contributed by atoms with van der Waals surface area (Å²) < 4.78 is 0. The van der Waals surface area contributed by atoms with E-state index in [9.17, 15) is 5.11 Å². The van der Waals surface area contributed by atoms with Gasteiger partial charge in [0, 0.05) is 25.1 Å². The van der Waals surface area contributed by atoms with Gasteiger partial charge >= 0.3 is 0 Å². The summed E-state index contributed by atoms with van der Waals surface area (Å²) in [5.74, 6) is 0.436. The second-order valence-corrected chi connectivity index (χ2v) is 5.19. The van der Waals surface area contributed by atoms with Gasteiger partial charge in [-0.1, -0.05) is 18.2 Å². The second kappa shape index (κ2) is 5.05. The number of anilines is 2. The van der Waals surface area contributed by atoms with Gasteiger partial charge in [0.2, 0.25) is 0 Å². The smallest absolute Gasteiger partial charge is 0.0745 e. The van der Waals surface area contributed by atoms with Gasteiger partial charge in [-0.15, -0.1) is 0 Å². The second-order valence-electron chi connectivity index (χ2n) is 5.19. The molecule has 0 unspecified atom stereocenters. The number of pyridine rings is 1. The molecule has 3 rings (SSSR count). The quantitative estimate of drug-likeness (QED) is 0.864. The number of nitrogen functional groups attached to an aromatic ring is 1. The Hall–Kier alpha value is -1.81. The van der Waals surface area contributed by atoms with Crippen LogP contribution in [0.4, 0.5) is 11.4 Å². The van der Waals surface area contributed by atoms with Crippen molar-refractivity contribution in [2.45, 2.75) is 12.8 Å². The summed E-state index contributed by atoms with van der Waals surface area (Å²) in [4.78, 5) is 6.70. The summed E-state index contributed by atoms with van der Waals surface area (Å²) >= 11 is 0. The molecule has 0 saturated carbocycles. The number of nitrogens with two attached hydrogens (primary N) is 1. The number of fused-ring (bicyclic) bond motifs is 1. The van der Waals surface area contributed by atoms with Crippen LogP contribution in [0.3, 0.4) is 0 Å². The first-order valence-electron chi connectivity index (χ1n) is 6.78. The third-order valence-corrected chi connectivity index (χ3v) is 3.96. The summed E-state index contributed by atoms with van der Waals surface area (Å²) in [6, 6.07) is 8.10. The highest BCUT2D eigenvalue weighted by Crippen LogP contribution is 2.33. The Bertz CT molecular complexity index is 577. The number of nitrogens with zero attached hydrogens (tertiary/aromatic N) is 2. The first-order valence-corrected chi connectivity index (χ1v) is 6.78. The van der Waals surface area contributed by atoms with Gasteiger partial charge < -0.3 is 15.7 Å². The van der Waals surface area contributed by atoms with Crippen molar-refractivity contribution < 1.29 is 5.11 Å². The largest absolute Gasteiger partial charge is 0.396 e. The molecule has 0 atom stereocenters. The predicted molar refractivity (Wildman–Crippen MR) is 78.2 cm³/mol. The number of aliphatic hydroxyl groups is 1. The van der Waals surface area contributed by atoms with Crippen LogP contribution in [-0.2, 0) is 0 Å². The molecule has 4 nitrogen and oxygen atoms in total. The summed E-state index contributed by atoms with van der Waals surface area (Å²) in [6.07, 6.45) is 3.79. The highest BCUT2D eigenvalue weighted by atomic mass is 16.3. The molecule has 0 amide bonds. The Balaban J connectivity index is 1.98. The van der Waals surface area contributed by atoms with Crippen molar-refractivity contribution in [1.82, 2.24) is 4.98 Å². The fourth-order valence-electron chi connectivity index (χ4n) is 2.83. The molecule has 1 aromatic heterocycles. The molecule has 0 spiro atoms. The van der Waals surface area contributed by atoms with E-state index in [0.717, 1.165) is 48.2 Å². The fraction of sp³-hybridized carbons (Fsp3) is 0.400. The molecule has 100 valence electrons. The van der Waals surface area contributed by atoms with E-state index in [1.54, 1.807) is 6.20 Å². The molecular weight excluding hydrogens is 238 g/mol. The van der Waals surface area contributed by atoms with Gasteiger partial charge in [-0.2, -0.15) is 0 Å². The van der Waals surface area contributed by atoms with E-state index in [1.165, 1.54) is 0 Å². The molecule has 0 aliphatic carbocycles. The monoisotopic (exact) mass is 257 g/mol. The van der Waals surface area contributed by atoms with E-state index in [0.29, 0.717) is 12.5 Å². The summed E-state index contributed by atoms with van der Waals surface area (Å²) in [7, 11) is 0. The first kappa shape index (κ1) is 12.2. The van der Waals surface area contributed by atoms with Gasteiger partial charge in [0.05, 0.1) is 23.1 Å². The highest BCUT2D eigenvalue weighted by Gasteiger charge is 2.21. The molecule has 2 aromatic rings. The maximum absolute atomic E-state index is 9.22. The molecule has 2 heterocycles. The average molecular weight is 257 g/mol. The van der Waals surface area contributed by atoms with Gasteiger partial charge in [0.15, 0.2) is 0 Å². The van der Waals surface area contributed by atoms with Gasteiger partial charge in [-0.05, 0) is 24.8 Å². The van der Waals surface area contributed by atoms with Crippen LogP contribution in [0.5, 0.6) is 0 Å². The van der Waals surface area contributed by atoms with Crippen LogP contribution in [0.15, 0.2) is 30.5 Å². The molecule has 0 bridgehead atoms. The Labute approximate surface area is 112 Å². The normalized spacial score (nSPS) is 17.0. The highest BCUT2D eigenvalue weighted by molar-refractivity contribution is 5.97. The van der Waals surface area contributed by atoms with Crippen molar-refractivity contribution in [3.05, 3.63) is 30.5 Å². The van der Waals surface area contributed by atoms with E-state index < -0.39 is 0 Å². The van der Waals surface area contributed by atoms with E-state index in [4.69, 9.17) is 5.73 Å². The summed E-state index contributed by atoms with van der Waals surface area (Å²) in [6.45, 7) is 2.19. The lowest BCUT2D eigenvalue weighted by molar-refractivity contribution is 0.203. The average Bonchev–Trinajstić information content (AvgIpc) is 2.47. The number of hydrogen-bond donors (Lipinski definition) is 2. The molecular formula is C15H19N3O. The van der Waals surface area contributed by atoms with Crippen LogP contribution in [0.2, 0.25) is 0 Å². The minimum Gasteiger partial charge on any atom is -0.396 e. The topological polar surface area (TPSA) is 62.4 Å². The zero-order chi connectivity index (χ0) is 13.2. The SMILES string of the molecule is Nc1cnc2ccccc2c1N1CCC(CO)CC1. The van der Waals surface area contributed by atoms with Gasteiger partial charge in [0.1, 0.15) is 0 Å². The van der Waals surface area contributed by atoms with Crippen LogP contribution in [0.25, 0.3) is 10.9 Å². The van der Waals surface area contributed by atoms with E-state index in [1.807, 2.05) is 18.2 Å². The summed E-state index contributed by atoms with van der Waals surface area (Å²) in [5.41, 5.74) is 8.95. The van der Waals surface area contributed by atoms with Crippen LogP contribution in [0.1, 0.15) is 12.8 Å². The van der Waals surface area contributed by atoms with Crippen molar-refractivity contribution in [3.8, 4) is 0 Å². The van der Waals surface area contributed by atoms with E-state index in [-0.39, 0.29) is 0 Å². The zero-order valence-corrected chi connectivity index (χ0v) is 10.9. The molecule has 3 N–H and O–H groups in total. The van der Waals surface area contributed by atoms with Crippen molar-refractivity contribution in [1.29, 1.82) is 0 Å². The Morgan fingerprint density at radius 1 is 1.26 bits per heavy atom. The Morgan fingerprint density at radius 3 is 2.74 bits per heavy atom. The number of aromatic nitrogens is 1. The van der Waals surface area contributed by atoms with Crippen molar-refractivity contribution in [2.24, 2.45) is 5.92 Å². The van der Waals surface area contributed by atoms with Crippen molar-refractivity contribution in [3.63, 3.8) is 0 Å². The van der Waals surface area contributed by atoms with Crippen LogP contribution >= 0.6 is 0 Å². The minimum absolute atomic E-state index is 0.292. The van der Waals surface area contributed by atoms with Crippen LogP contribution in [0, 0.1) is 5.92 Å². The molecule has 1 saturated heterocycles. The molecule has 0 radical (unpaired) electrons. The number of rotatable bonds is 2. The Kier molecular flexibility index (Phi) is 3.25. The zero-order valence-electron chi connectivity index (χ0n) is 10.9. The molecule has 1 aliphatic rings. The lowest BCUT2D eigenvalue weighted by atomic mass is 9.97. The third kappa shape index (κ3) is 2.24. The molecule has 1 fully saturated rings. The van der Waals surface area contributed by atoms with E-state index in [2.05, 4.69) is 16.0 Å². The lowest BCUT2D eigenvalue weighted by Crippen LogP contribution is -2.35. The van der Waals surface area contributed by atoms with Crippen LogP contribution in [-0.4, -0.2) is 29.8 Å². The van der Waals surface area contributed by atoms with Crippen LogP contribution < -0.4 is 10.6 Å². The molecule has 19 heavy (non-hydrogen) atoms. The van der Waals surface area contributed by atoms with Crippen molar-refractivity contribution in [2.75, 3.05) is 30.3 Å². The van der Waals surface area contributed by atoms with Gasteiger partial charge in [-0.3, -0.25) is 4.98 Å². The fourth-order valence-corrected chi connectivity index (χ4v) is 2.83. The third-order valence-electron chi connectivity index (χ3n) is 3.96. The first-order chi connectivity index (χ1) is 9.29. The predicted octanol–water partition coefficient (Wildman–Crippen LogP) is 2.03. The van der Waals surface area contributed by atoms with Gasteiger partial charge in [-0.25, -0.2) is 0 Å². The van der Waals surface area contributed by atoms with Gasteiger partial charge in [0.25, 0.3) is 0 Å². The van der Waals surface area contributed by atoms with E-state index >= 15 is 0 Å². The number of benzene rings is 1. The lowest BCUT2D eigenvalue weighted by Gasteiger charge is -2.34. The van der Waals surface area contributed by atoms with Crippen molar-refractivity contribution >= 4 is 22.3 Å². The maximum Gasteiger partial charge on any atom is 0.0745 e. The minimum atomic E-state index is 0.292. The number of piperidine rings is 1. The Morgan fingerprint density at radius 2 is 2.00 bits per heavy atom.